The van der Waals surface area contributed by atoms with Crippen molar-refractivity contribution in [3.8, 4) is 11.6 Å². The first-order valence-corrected chi connectivity index (χ1v) is 8.94. The molecule has 1 amide bonds. The number of carbonyl (C=O) groups is 1. The largest absolute Gasteiger partial charge is 0.439 e. The van der Waals surface area contributed by atoms with Crippen LogP contribution in [0.15, 0.2) is 42.6 Å². The number of nitrogens with one attached hydrogen (secondary N) is 2. The van der Waals surface area contributed by atoms with E-state index in [0.29, 0.717) is 17.9 Å². The fourth-order valence-corrected chi connectivity index (χ4v) is 2.77. The van der Waals surface area contributed by atoms with Gasteiger partial charge in [0.15, 0.2) is 0 Å². The molecule has 6 nitrogen and oxygen atoms in total. The second-order valence-electron chi connectivity index (χ2n) is 6.36. The number of hydrogen-bond donors (Lipinski definition) is 2. The minimum Gasteiger partial charge on any atom is -0.439 e. The average Bonchev–Trinajstić information content (AvgIpc) is 2.69. The Labute approximate surface area is 185 Å². The summed E-state index contributed by atoms with van der Waals surface area (Å²) >= 11 is 0. The smallest absolute Gasteiger partial charge is 0.417 e. The number of benzene rings is 1. The molecule has 0 unspecified atom stereocenters. The summed E-state index contributed by atoms with van der Waals surface area (Å²) in [7, 11) is 0. The van der Waals surface area contributed by atoms with Crippen molar-refractivity contribution < 1.29 is 22.7 Å². The Hall–Kier alpha value is -2.07. The standard InChI is InChI=1S/C19H21F3N4O2.2ClH/c20-19(21,22)15-3-6-17(25-13-15)28-16-4-1-14(2-5-16)18(27)24-9-12-26-10-7-23-8-11-26;;/h1-6,13,23H,7-12H2,(H,24,27);2*1H. The number of nitrogens with zero attached hydrogens (tertiary/aromatic N) is 2. The second-order valence-corrected chi connectivity index (χ2v) is 6.36. The van der Waals surface area contributed by atoms with Gasteiger partial charge in [-0.2, -0.15) is 13.2 Å². The van der Waals surface area contributed by atoms with Gasteiger partial charge in [-0.25, -0.2) is 4.98 Å². The van der Waals surface area contributed by atoms with Gasteiger partial charge >= 0.3 is 6.18 Å². The highest BCUT2D eigenvalue weighted by atomic mass is 35.5. The number of carbonyl (C=O) groups excluding carboxylic acids is 1. The molecule has 0 bridgehead atoms. The zero-order valence-corrected chi connectivity index (χ0v) is 17.6. The Bertz CT molecular complexity index is 784. The van der Waals surface area contributed by atoms with Gasteiger partial charge in [0.05, 0.1) is 5.56 Å². The van der Waals surface area contributed by atoms with Gasteiger partial charge in [0.2, 0.25) is 5.88 Å². The summed E-state index contributed by atoms with van der Waals surface area (Å²) in [6.45, 7) is 5.23. The van der Waals surface area contributed by atoms with E-state index in [4.69, 9.17) is 4.74 Å². The number of halogens is 5. The van der Waals surface area contributed by atoms with E-state index in [1.165, 1.54) is 0 Å². The van der Waals surface area contributed by atoms with Gasteiger partial charge in [-0.3, -0.25) is 9.69 Å². The third-order valence-electron chi connectivity index (χ3n) is 4.33. The van der Waals surface area contributed by atoms with Crippen LogP contribution in [0.2, 0.25) is 0 Å². The summed E-state index contributed by atoms with van der Waals surface area (Å²) < 4.78 is 43.0. The summed E-state index contributed by atoms with van der Waals surface area (Å²) in [6.07, 6.45) is -3.72. The van der Waals surface area contributed by atoms with E-state index in [-0.39, 0.29) is 36.6 Å². The number of ether oxygens (including phenoxy) is 1. The first-order chi connectivity index (χ1) is 13.4. The van der Waals surface area contributed by atoms with Crippen LogP contribution in [0.4, 0.5) is 13.2 Å². The highest BCUT2D eigenvalue weighted by Crippen LogP contribution is 2.30. The molecular weight excluding hydrogens is 444 g/mol. The molecule has 1 saturated heterocycles. The molecule has 3 rings (SSSR count). The topological polar surface area (TPSA) is 66.5 Å². The van der Waals surface area contributed by atoms with Crippen LogP contribution in [-0.2, 0) is 6.18 Å². The van der Waals surface area contributed by atoms with E-state index in [2.05, 4.69) is 20.5 Å². The van der Waals surface area contributed by atoms with Gasteiger partial charge in [0, 0.05) is 57.1 Å². The van der Waals surface area contributed by atoms with Crippen molar-refractivity contribution in [2.24, 2.45) is 0 Å². The lowest BCUT2D eigenvalue weighted by atomic mass is 10.2. The fraction of sp³-hybridized carbons (Fsp3) is 0.368. The first kappa shape index (κ1) is 26.0. The van der Waals surface area contributed by atoms with Crippen molar-refractivity contribution >= 4 is 30.7 Å². The molecule has 1 aliphatic heterocycles. The zero-order chi connectivity index (χ0) is 20.0. The Morgan fingerprint density at radius 2 is 1.77 bits per heavy atom. The van der Waals surface area contributed by atoms with Crippen LogP contribution < -0.4 is 15.4 Å². The molecule has 1 aromatic heterocycles. The van der Waals surface area contributed by atoms with Crippen molar-refractivity contribution in [1.29, 1.82) is 0 Å². The summed E-state index contributed by atoms with van der Waals surface area (Å²) in [4.78, 5) is 18.1. The molecule has 2 aromatic rings. The number of piperazine rings is 1. The lowest BCUT2D eigenvalue weighted by Crippen LogP contribution is -2.46. The summed E-state index contributed by atoms with van der Waals surface area (Å²) in [6, 6.07) is 8.40. The van der Waals surface area contributed by atoms with Crippen LogP contribution in [0.25, 0.3) is 0 Å². The predicted molar refractivity (Wildman–Crippen MR) is 112 cm³/mol. The highest BCUT2D eigenvalue weighted by Gasteiger charge is 2.30. The number of hydrogen-bond acceptors (Lipinski definition) is 5. The summed E-state index contributed by atoms with van der Waals surface area (Å²) in [5.74, 6) is 0.236. The number of alkyl halides is 3. The molecule has 0 spiro atoms. The molecule has 0 atom stereocenters. The maximum atomic E-state index is 12.5. The summed E-state index contributed by atoms with van der Waals surface area (Å²) in [5, 5.41) is 6.15. The van der Waals surface area contributed by atoms with Gasteiger partial charge in [-0.05, 0) is 30.3 Å². The minimum absolute atomic E-state index is 0. The SMILES string of the molecule is Cl.Cl.O=C(NCCN1CCNCC1)c1ccc(Oc2ccc(C(F)(F)F)cn2)cc1. The average molecular weight is 467 g/mol. The predicted octanol–water partition coefficient (Wildman–Crippen LogP) is 3.37. The summed E-state index contributed by atoms with van der Waals surface area (Å²) in [5.41, 5.74) is -0.360. The van der Waals surface area contributed by atoms with Crippen molar-refractivity contribution in [1.82, 2.24) is 20.5 Å². The molecule has 1 aromatic carbocycles. The Morgan fingerprint density at radius 3 is 2.33 bits per heavy atom. The van der Waals surface area contributed by atoms with Crippen LogP contribution in [-0.4, -0.2) is 55.1 Å². The van der Waals surface area contributed by atoms with E-state index in [1.54, 1.807) is 24.3 Å². The van der Waals surface area contributed by atoms with Gasteiger partial charge in [-0.15, -0.1) is 24.8 Å². The van der Waals surface area contributed by atoms with Crippen molar-refractivity contribution in [2.75, 3.05) is 39.3 Å². The van der Waals surface area contributed by atoms with Crippen LogP contribution in [0.5, 0.6) is 11.6 Å². The second kappa shape index (κ2) is 11.9. The van der Waals surface area contributed by atoms with E-state index in [0.717, 1.165) is 51.1 Å². The Kier molecular flexibility index (Phi) is 10.3. The first-order valence-electron chi connectivity index (χ1n) is 8.94. The van der Waals surface area contributed by atoms with E-state index >= 15 is 0 Å². The van der Waals surface area contributed by atoms with Crippen LogP contribution in [0.3, 0.4) is 0 Å². The molecule has 0 saturated carbocycles. The zero-order valence-electron chi connectivity index (χ0n) is 15.9. The van der Waals surface area contributed by atoms with Crippen LogP contribution in [0, 0.1) is 0 Å². The van der Waals surface area contributed by atoms with Crippen LogP contribution in [0.1, 0.15) is 15.9 Å². The molecule has 0 aliphatic carbocycles. The third-order valence-corrected chi connectivity index (χ3v) is 4.33. The molecule has 30 heavy (non-hydrogen) atoms. The molecule has 1 aliphatic rings. The van der Waals surface area contributed by atoms with Gasteiger partial charge < -0.3 is 15.4 Å². The minimum atomic E-state index is -4.44. The highest BCUT2D eigenvalue weighted by molar-refractivity contribution is 5.94. The van der Waals surface area contributed by atoms with E-state index < -0.39 is 11.7 Å². The van der Waals surface area contributed by atoms with Crippen LogP contribution >= 0.6 is 24.8 Å². The molecule has 166 valence electrons. The number of amides is 1. The van der Waals surface area contributed by atoms with E-state index in [9.17, 15) is 18.0 Å². The van der Waals surface area contributed by atoms with Gasteiger partial charge in [-0.1, -0.05) is 0 Å². The third kappa shape index (κ3) is 7.64. The van der Waals surface area contributed by atoms with Crippen molar-refractivity contribution in [3.63, 3.8) is 0 Å². The number of aromatic nitrogens is 1. The molecular formula is C19H23Cl2F3N4O2. The van der Waals surface area contributed by atoms with Crippen molar-refractivity contribution in [2.45, 2.75) is 6.18 Å². The maximum absolute atomic E-state index is 12.5. The molecule has 11 heteroatoms. The number of pyridine rings is 1. The quantitative estimate of drug-likeness (QED) is 0.682. The molecule has 0 radical (unpaired) electrons. The van der Waals surface area contributed by atoms with E-state index in [1.807, 2.05) is 0 Å². The normalized spacial score (nSPS) is 14.2. The molecule has 2 heterocycles. The Morgan fingerprint density at radius 1 is 1.10 bits per heavy atom. The van der Waals surface area contributed by atoms with Crippen molar-refractivity contribution in [3.05, 3.63) is 53.7 Å². The monoisotopic (exact) mass is 466 g/mol. The lowest BCUT2D eigenvalue weighted by Gasteiger charge is -2.27. The molecule has 1 fully saturated rings. The van der Waals surface area contributed by atoms with Gasteiger partial charge in [0.25, 0.3) is 5.91 Å². The number of rotatable bonds is 6. The maximum Gasteiger partial charge on any atom is 0.417 e. The fourth-order valence-electron chi connectivity index (χ4n) is 2.77. The Balaban J connectivity index is 0.00000225. The molecule has 2 N–H and O–H groups in total. The van der Waals surface area contributed by atoms with Gasteiger partial charge in [0.1, 0.15) is 5.75 Å². The lowest BCUT2D eigenvalue weighted by molar-refractivity contribution is -0.137.